The highest BCUT2D eigenvalue weighted by atomic mass is 15.2. The molecular weight excluding hydrogens is 258 g/mol. The molecular formula is C18H27N3. The van der Waals surface area contributed by atoms with E-state index in [1.807, 2.05) is 0 Å². The molecule has 0 spiro atoms. The van der Waals surface area contributed by atoms with Crippen LogP contribution in [0.1, 0.15) is 26.7 Å². The maximum atomic E-state index is 3.72. The van der Waals surface area contributed by atoms with E-state index >= 15 is 0 Å². The highest BCUT2D eigenvalue weighted by Gasteiger charge is 2.23. The van der Waals surface area contributed by atoms with E-state index in [0.717, 1.165) is 13.1 Å². The van der Waals surface area contributed by atoms with Gasteiger partial charge in [-0.25, -0.2) is 0 Å². The fourth-order valence-corrected chi connectivity index (χ4v) is 3.31. The van der Waals surface area contributed by atoms with Gasteiger partial charge in [-0.05, 0) is 57.3 Å². The molecule has 1 unspecified atom stereocenters. The molecule has 0 bridgehead atoms. The molecule has 3 heteroatoms. The van der Waals surface area contributed by atoms with Crippen LogP contribution in [0.3, 0.4) is 0 Å². The van der Waals surface area contributed by atoms with Crippen LogP contribution < -0.4 is 5.32 Å². The molecule has 1 aliphatic heterocycles. The van der Waals surface area contributed by atoms with Gasteiger partial charge in [0, 0.05) is 36.9 Å². The molecule has 1 saturated heterocycles. The number of likely N-dealkylation sites (tertiary alicyclic amines) is 1. The van der Waals surface area contributed by atoms with Crippen molar-refractivity contribution in [1.82, 2.24) is 14.8 Å². The molecule has 1 fully saturated rings. The molecule has 1 aliphatic rings. The maximum absolute atomic E-state index is 3.72. The van der Waals surface area contributed by atoms with Crippen molar-refractivity contribution >= 4 is 10.9 Å². The van der Waals surface area contributed by atoms with Gasteiger partial charge in [-0.2, -0.15) is 0 Å². The first-order chi connectivity index (χ1) is 10.2. The molecule has 0 saturated carbocycles. The quantitative estimate of drug-likeness (QED) is 0.823. The summed E-state index contributed by atoms with van der Waals surface area (Å²) in [6.45, 7) is 9.25. The smallest absolute Gasteiger partial charge is 0.0480 e. The number of benzene rings is 1. The predicted molar refractivity (Wildman–Crippen MR) is 89.7 cm³/mol. The number of para-hydroxylation sites is 1. The molecule has 21 heavy (non-hydrogen) atoms. The molecule has 1 atom stereocenters. The van der Waals surface area contributed by atoms with E-state index in [4.69, 9.17) is 0 Å². The minimum atomic E-state index is 0.683. The van der Waals surface area contributed by atoms with E-state index in [2.05, 4.69) is 65.2 Å². The third-order valence-corrected chi connectivity index (χ3v) is 4.64. The fourth-order valence-electron chi connectivity index (χ4n) is 3.31. The maximum Gasteiger partial charge on any atom is 0.0480 e. The van der Waals surface area contributed by atoms with Crippen LogP contribution in [0.2, 0.25) is 0 Å². The Hall–Kier alpha value is -1.32. The summed E-state index contributed by atoms with van der Waals surface area (Å²) in [4.78, 5) is 2.57. The van der Waals surface area contributed by atoms with Crippen molar-refractivity contribution in [1.29, 1.82) is 0 Å². The van der Waals surface area contributed by atoms with Gasteiger partial charge in [0.1, 0.15) is 0 Å². The van der Waals surface area contributed by atoms with Crippen molar-refractivity contribution in [3.63, 3.8) is 0 Å². The van der Waals surface area contributed by atoms with Crippen molar-refractivity contribution in [3.05, 3.63) is 36.5 Å². The van der Waals surface area contributed by atoms with Crippen LogP contribution in [0, 0.1) is 0 Å². The predicted octanol–water partition coefficient (Wildman–Crippen LogP) is 3.10. The Kier molecular flexibility index (Phi) is 4.61. The molecule has 0 amide bonds. The van der Waals surface area contributed by atoms with Gasteiger partial charge in [0.2, 0.25) is 0 Å². The average Bonchev–Trinajstić information content (AvgIpc) is 3.11. The first-order valence-corrected chi connectivity index (χ1v) is 8.25. The van der Waals surface area contributed by atoms with Crippen molar-refractivity contribution in [2.75, 3.05) is 19.6 Å². The normalized spacial score (nSPS) is 19.9. The molecule has 3 rings (SSSR count). The second kappa shape index (κ2) is 6.63. The number of nitrogens with one attached hydrogen (secondary N) is 1. The highest BCUT2D eigenvalue weighted by molar-refractivity contribution is 5.79. The van der Waals surface area contributed by atoms with E-state index in [9.17, 15) is 0 Å². The number of nitrogens with zero attached hydrogens (tertiary/aromatic N) is 2. The minimum Gasteiger partial charge on any atom is -0.347 e. The zero-order valence-corrected chi connectivity index (χ0v) is 13.3. The molecule has 2 heterocycles. The molecule has 2 aromatic rings. The van der Waals surface area contributed by atoms with E-state index in [-0.39, 0.29) is 0 Å². The summed E-state index contributed by atoms with van der Waals surface area (Å²) in [6, 6.07) is 12.2. The van der Waals surface area contributed by atoms with Crippen molar-refractivity contribution < 1.29 is 0 Å². The Bertz CT molecular complexity index is 573. The minimum absolute atomic E-state index is 0.683. The van der Waals surface area contributed by atoms with E-state index in [0.29, 0.717) is 12.1 Å². The molecule has 1 N–H and O–H groups in total. The fraction of sp³-hybridized carbons (Fsp3) is 0.556. The SMILES string of the molecule is CC(C)N1CCC(NCCCn2ccc3ccccc32)C1. The Morgan fingerprint density at radius 3 is 2.90 bits per heavy atom. The highest BCUT2D eigenvalue weighted by Crippen LogP contribution is 2.15. The Morgan fingerprint density at radius 2 is 2.10 bits per heavy atom. The summed E-state index contributed by atoms with van der Waals surface area (Å²) in [5.41, 5.74) is 1.35. The van der Waals surface area contributed by atoms with Crippen molar-refractivity contribution in [3.8, 4) is 0 Å². The zero-order valence-electron chi connectivity index (χ0n) is 13.3. The van der Waals surface area contributed by atoms with Gasteiger partial charge in [-0.15, -0.1) is 0 Å². The molecule has 1 aromatic carbocycles. The number of rotatable bonds is 6. The summed E-state index contributed by atoms with van der Waals surface area (Å²) in [5, 5.41) is 5.06. The van der Waals surface area contributed by atoms with E-state index < -0.39 is 0 Å². The lowest BCUT2D eigenvalue weighted by atomic mass is 10.2. The average molecular weight is 285 g/mol. The van der Waals surface area contributed by atoms with E-state index in [1.165, 1.54) is 36.8 Å². The molecule has 0 aliphatic carbocycles. The molecule has 3 nitrogen and oxygen atoms in total. The second-order valence-corrected chi connectivity index (χ2v) is 6.45. The van der Waals surface area contributed by atoms with Crippen LogP contribution in [-0.4, -0.2) is 41.2 Å². The third kappa shape index (κ3) is 3.47. The van der Waals surface area contributed by atoms with Crippen LogP contribution in [0.25, 0.3) is 10.9 Å². The van der Waals surface area contributed by atoms with Gasteiger partial charge in [-0.1, -0.05) is 18.2 Å². The Labute approximate surface area is 127 Å². The standard InChI is InChI=1S/C18H27N3/c1-15(2)21-13-9-17(14-21)19-10-5-11-20-12-8-16-6-3-4-7-18(16)20/h3-4,6-8,12,15,17,19H,5,9-11,13-14H2,1-2H3. The Morgan fingerprint density at radius 1 is 1.24 bits per heavy atom. The largest absolute Gasteiger partial charge is 0.347 e. The van der Waals surface area contributed by atoms with Gasteiger partial charge in [0.05, 0.1) is 0 Å². The molecule has 114 valence electrons. The lowest BCUT2D eigenvalue weighted by Gasteiger charge is -2.20. The van der Waals surface area contributed by atoms with Gasteiger partial charge in [-0.3, -0.25) is 4.90 Å². The topological polar surface area (TPSA) is 20.2 Å². The summed E-state index contributed by atoms with van der Waals surface area (Å²) in [6.07, 6.45) is 4.70. The summed E-state index contributed by atoms with van der Waals surface area (Å²) in [5.74, 6) is 0. The van der Waals surface area contributed by atoms with Gasteiger partial charge in [0.15, 0.2) is 0 Å². The van der Waals surface area contributed by atoms with Gasteiger partial charge >= 0.3 is 0 Å². The van der Waals surface area contributed by atoms with Crippen LogP contribution in [0.5, 0.6) is 0 Å². The van der Waals surface area contributed by atoms with E-state index in [1.54, 1.807) is 0 Å². The van der Waals surface area contributed by atoms with Crippen LogP contribution in [-0.2, 0) is 6.54 Å². The lowest BCUT2D eigenvalue weighted by Crippen LogP contribution is -2.35. The van der Waals surface area contributed by atoms with Gasteiger partial charge < -0.3 is 9.88 Å². The van der Waals surface area contributed by atoms with Gasteiger partial charge in [0.25, 0.3) is 0 Å². The Balaban J connectivity index is 1.43. The summed E-state index contributed by atoms with van der Waals surface area (Å²) >= 11 is 0. The second-order valence-electron chi connectivity index (χ2n) is 6.45. The zero-order chi connectivity index (χ0) is 14.7. The number of hydrogen-bond donors (Lipinski definition) is 1. The lowest BCUT2D eigenvalue weighted by molar-refractivity contribution is 0.268. The van der Waals surface area contributed by atoms with Crippen LogP contribution >= 0.6 is 0 Å². The van der Waals surface area contributed by atoms with Crippen molar-refractivity contribution in [2.24, 2.45) is 0 Å². The number of fused-ring (bicyclic) bond motifs is 1. The first-order valence-electron chi connectivity index (χ1n) is 8.25. The van der Waals surface area contributed by atoms with Crippen LogP contribution in [0.4, 0.5) is 0 Å². The molecule has 0 radical (unpaired) electrons. The first kappa shape index (κ1) is 14.6. The monoisotopic (exact) mass is 285 g/mol. The molecule has 1 aromatic heterocycles. The number of aryl methyl sites for hydroxylation is 1. The summed E-state index contributed by atoms with van der Waals surface area (Å²) < 4.78 is 2.37. The summed E-state index contributed by atoms with van der Waals surface area (Å²) in [7, 11) is 0. The number of hydrogen-bond acceptors (Lipinski definition) is 2. The van der Waals surface area contributed by atoms with Crippen LogP contribution in [0.15, 0.2) is 36.5 Å². The third-order valence-electron chi connectivity index (χ3n) is 4.64. The van der Waals surface area contributed by atoms with Crippen molar-refractivity contribution in [2.45, 2.75) is 45.3 Å². The number of aromatic nitrogens is 1.